The molecule has 100 valence electrons. The fourth-order valence-corrected chi connectivity index (χ4v) is 2.44. The number of carbonyl (C=O) groups excluding carboxylic acids is 1. The molecule has 0 aliphatic rings. The third-order valence-electron chi connectivity index (χ3n) is 2.75. The van der Waals surface area contributed by atoms with Gasteiger partial charge in [-0.3, -0.25) is 4.79 Å². The summed E-state index contributed by atoms with van der Waals surface area (Å²) in [5, 5.41) is 3.92. The Hall–Kier alpha value is -1.88. The minimum Gasteiger partial charge on any atom is -0.399 e. The highest BCUT2D eigenvalue weighted by Crippen LogP contribution is 2.11. The number of carbonyl (C=O) groups is 1. The molecule has 0 atom stereocenters. The van der Waals surface area contributed by atoms with Crippen LogP contribution in [0.25, 0.3) is 0 Å². The van der Waals surface area contributed by atoms with Gasteiger partial charge >= 0.3 is 0 Å². The zero-order valence-corrected chi connectivity index (χ0v) is 11.7. The average Bonchev–Trinajstić information content (AvgIpc) is 2.81. The summed E-state index contributed by atoms with van der Waals surface area (Å²) in [5.41, 5.74) is 7.48. The van der Waals surface area contributed by atoms with Crippen molar-refractivity contribution in [3.05, 3.63) is 45.9 Å². The number of nitrogens with zero attached hydrogens (tertiary/aromatic N) is 1. The smallest absolute Gasteiger partial charge is 0.220 e. The van der Waals surface area contributed by atoms with E-state index in [1.807, 2.05) is 31.2 Å². The lowest BCUT2D eigenvalue weighted by molar-refractivity contribution is -0.121. The molecule has 19 heavy (non-hydrogen) atoms. The maximum Gasteiger partial charge on any atom is 0.220 e. The Balaban J connectivity index is 1.74. The summed E-state index contributed by atoms with van der Waals surface area (Å²) in [7, 11) is 0. The van der Waals surface area contributed by atoms with Crippen molar-refractivity contribution in [2.75, 3.05) is 5.73 Å². The largest absolute Gasteiger partial charge is 0.399 e. The topological polar surface area (TPSA) is 68.0 Å². The standard InChI is InChI=1S/C14H17N3OS/c1-10-16-8-13(19-10)9-17-14(18)7-4-11-2-5-12(15)6-3-11/h2-3,5-6,8H,4,7,9,15H2,1H3,(H,17,18). The van der Waals surface area contributed by atoms with Crippen molar-refractivity contribution in [1.29, 1.82) is 0 Å². The van der Waals surface area contributed by atoms with Crippen LogP contribution in [0.4, 0.5) is 5.69 Å². The van der Waals surface area contributed by atoms with E-state index in [9.17, 15) is 4.79 Å². The molecule has 1 heterocycles. The van der Waals surface area contributed by atoms with Crippen molar-refractivity contribution in [3.8, 4) is 0 Å². The first-order chi connectivity index (χ1) is 9.13. The third kappa shape index (κ3) is 4.37. The lowest BCUT2D eigenvalue weighted by Gasteiger charge is -2.04. The van der Waals surface area contributed by atoms with Crippen molar-refractivity contribution >= 4 is 22.9 Å². The molecule has 0 aliphatic heterocycles. The van der Waals surface area contributed by atoms with Crippen molar-refractivity contribution in [2.24, 2.45) is 0 Å². The highest BCUT2D eigenvalue weighted by molar-refractivity contribution is 7.11. The molecule has 2 rings (SSSR count). The van der Waals surface area contributed by atoms with Gasteiger partial charge in [-0.2, -0.15) is 0 Å². The van der Waals surface area contributed by atoms with Crippen LogP contribution in [-0.2, 0) is 17.8 Å². The Morgan fingerprint density at radius 3 is 2.74 bits per heavy atom. The quantitative estimate of drug-likeness (QED) is 0.823. The highest BCUT2D eigenvalue weighted by atomic mass is 32.1. The van der Waals surface area contributed by atoms with Crippen molar-refractivity contribution in [1.82, 2.24) is 10.3 Å². The summed E-state index contributed by atoms with van der Waals surface area (Å²) in [4.78, 5) is 16.9. The summed E-state index contributed by atoms with van der Waals surface area (Å²) >= 11 is 1.61. The lowest BCUT2D eigenvalue weighted by atomic mass is 10.1. The number of benzene rings is 1. The monoisotopic (exact) mass is 275 g/mol. The molecule has 0 aliphatic carbocycles. The Kier molecular flexibility index (Phi) is 4.52. The third-order valence-corrected chi connectivity index (χ3v) is 3.66. The van der Waals surface area contributed by atoms with Crippen LogP contribution in [0.2, 0.25) is 0 Å². The van der Waals surface area contributed by atoms with E-state index >= 15 is 0 Å². The molecule has 1 amide bonds. The number of amides is 1. The minimum absolute atomic E-state index is 0.0582. The molecule has 2 aromatic rings. The summed E-state index contributed by atoms with van der Waals surface area (Å²) < 4.78 is 0. The number of hydrogen-bond acceptors (Lipinski definition) is 4. The van der Waals surface area contributed by atoms with Crippen LogP contribution in [-0.4, -0.2) is 10.9 Å². The molecule has 0 radical (unpaired) electrons. The van der Waals surface area contributed by atoms with Gasteiger partial charge in [0.05, 0.1) is 11.6 Å². The first-order valence-electron chi connectivity index (χ1n) is 6.16. The van der Waals surface area contributed by atoms with Gasteiger partial charge in [0.1, 0.15) is 0 Å². The second-order valence-corrected chi connectivity index (χ2v) is 5.68. The molecule has 5 heteroatoms. The molecule has 3 N–H and O–H groups in total. The number of nitrogens with two attached hydrogens (primary N) is 1. The van der Waals surface area contributed by atoms with E-state index in [0.717, 1.165) is 27.6 Å². The van der Waals surface area contributed by atoms with E-state index in [1.54, 1.807) is 17.5 Å². The fourth-order valence-electron chi connectivity index (χ4n) is 1.70. The zero-order valence-electron chi connectivity index (χ0n) is 10.8. The van der Waals surface area contributed by atoms with Gasteiger partial charge in [0, 0.05) is 23.2 Å². The van der Waals surface area contributed by atoms with Gasteiger partial charge < -0.3 is 11.1 Å². The fraction of sp³-hybridized carbons (Fsp3) is 0.286. The summed E-state index contributed by atoms with van der Waals surface area (Å²) in [6.45, 7) is 2.52. The molecule has 0 fully saturated rings. The van der Waals surface area contributed by atoms with Crippen molar-refractivity contribution in [2.45, 2.75) is 26.3 Å². The van der Waals surface area contributed by atoms with Gasteiger partial charge in [-0.15, -0.1) is 11.3 Å². The maximum absolute atomic E-state index is 11.7. The van der Waals surface area contributed by atoms with E-state index in [0.29, 0.717) is 13.0 Å². The predicted molar refractivity (Wildman–Crippen MR) is 77.9 cm³/mol. The van der Waals surface area contributed by atoms with Crippen LogP contribution >= 0.6 is 11.3 Å². The van der Waals surface area contributed by atoms with Crippen LogP contribution in [0.3, 0.4) is 0 Å². The normalized spacial score (nSPS) is 10.4. The highest BCUT2D eigenvalue weighted by Gasteiger charge is 2.04. The number of hydrogen-bond donors (Lipinski definition) is 2. The minimum atomic E-state index is 0.0582. The molecule has 0 spiro atoms. The van der Waals surface area contributed by atoms with Gasteiger partial charge in [0.2, 0.25) is 5.91 Å². The molecule has 0 unspecified atom stereocenters. The van der Waals surface area contributed by atoms with Crippen LogP contribution in [0.1, 0.15) is 21.9 Å². The van der Waals surface area contributed by atoms with Gasteiger partial charge in [0.25, 0.3) is 0 Å². The maximum atomic E-state index is 11.7. The van der Waals surface area contributed by atoms with E-state index in [1.165, 1.54) is 0 Å². The molecule has 0 saturated carbocycles. The average molecular weight is 275 g/mol. The van der Waals surface area contributed by atoms with Crippen LogP contribution in [0.5, 0.6) is 0 Å². The summed E-state index contributed by atoms with van der Waals surface area (Å²) in [6.07, 6.45) is 3.02. The number of nitrogens with one attached hydrogen (secondary N) is 1. The Morgan fingerprint density at radius 1 is 1.37 bits per heavy atom. The number of aryl methyl sites for hydroxylation is 2. The van der Waals surface area contributed by atoms with E-state index in [4.69, 9.17) is 5.73 Å². The second-order valence-electron chi connectivity index (χ2n) is 4.36. The molecule has 4 nitrogen and oxygen atoms in total. The number of aromatic nitrogens is 1. The number of thiazole rings is 1. The van der Waals surface area contributed by atoms with Crippen LogP contribution < -0.4 is 11.1 Å². The zero-order chi connectivity index (χ0) is 13.7. The van der Waals surface area contributed by atoms with E-state index < -0.39 is 0 Å². The molecule has 0 saturated heterocycles. The second kappa shape index (κ2) is 6.33. The summed E-state index contributed by atoms with van der Waals surface area (Å²) in [5.74, 6) is 0.0582. The molecule has 1 aromatic heterocycles. The van der Waals surface area contributed by atoms with E-state index in [2.05, 4.69) is 10.3 Å². The summed E-state index contributed by atoms with van der Waals surface area (Å²) in [6, 6.07) is 7.62. The van der Waals surface area contributed by atoms with Gasteiger partial charge in [-0.25, -0.2) is 4.98 Å². The SMILES string of the molecule is Cc1ncc(CNC(=O)CCc2ccc(N)cc2)s1. The Bertz CT molecular complexity index is 548. The lowest BCUT2D eigenvalue weighted by Crippen LogP contribution is -2.22. The number of anilines is 1. The number of rotatable bonds is 5. The predicted octanol–water partition coefficient (Wildman–Crippen LogP) is 2.28. The molecule has 1 aromatic carbocycles. The van der Waals surface area contributed by atoms with Crippen molar-refractivity contribution in [3.63, 3.8) is 0 Å². The van der Waals surface area contributed by atoms with Gasteiger partial charge in [-0.1, -0.05) is 12.1 Å². The number of nitrogen functional groups attached to an aromatic ring is 1. The molecular formula is C14H17N3OS. The van der Waals surface area contributed by atoms with E-state index in [-0.39, 0.29) is 5.91 Å². The molecule has 0 bridgehead atoms. The van der Waals surface area contributed by atoms with Gasteiger partial charge in [-0.05, 0) is 31.0 Å². The first kappa shape index (κ1) is 13.5. The van der Waals surface area contributed by atoms with Crippen molar-refractivity contribution < 1.29 is 4.79 Å². The van der Waals surface area contributed by atoms with Gasteiger partial charge in [0.15, 0.2) is 0 Å². The van der Waals surface area contributed by atoms with Crippen LogP contribution in [0, 0.1) is 6.92 Å². The van der Waals surface area contributed by atoms with Crippen LogP contribution in [0.15, 0.2) is 30.5 Å². The Labute approximate surface area is 116 Å². The first-order valence-corrected chi connectivity index (χ1v) is 6.97. The molecular weight excluding hydrogens is 258 g/mol. The Morgan fingerprint density at radius 2 is 2.11 bits per heavy atom.